The highest BCUT2D eigenvalue weighted by Crippen LogP contribution is 2.31. The second kappa shape index (κ2) is 4.83. The zero-order valence-corrected chi connectivity index (χ0v) is 10.4. The lowest BCUT2D eigenvalue weighted by Gasteiger charge is -2.33. The Kier molecular flexibility index (Phi) is 3.44. The van der Waals surface area contributed by atoms with E-state index in [1.54, 1.807) is 7.11 Å². The molecular formula is C13H20N2O. The van der Waals surface area contributed by atoms with Crippen LogP contribution >= 0.6 is 0 Å². The molecule has 1 aliphatic heterocycles. The van der Waals surface area contributed by atoms with Gasteiger partial charge in [-0.1, -0.05) is 6.42 Å². The lowest BCUT2D eigenvalue weighted by molar-refractivity contribution is 0.186. The highest BCUT2D eigenvalue weighted by atomic mass is 16.5. The predicted octanol–water partition coefficient (Wildman–Crippen LogP) is 2.56. The van der Waals surface area contributed by atoms with Crippen LogP contribution in [0.4, 0.5) is 0 Å². The van der Waals surface area contributed by atoms with Gasteiger partial charge in [0.25, 0.3) is 0 Å². The van der Waals surface area contributed by atoms with E-state index in [1.165, 1.54) is 36.9 Å². The Morgan fingerprint density at radius 1 is 1.44 bits per heavy atom. The number of likely N-dealkylation sites (tertiary alicyclic amines) is 1. The number of aromatic nitrogens is 1. The molecule has 3 nitrogen and oxygen atoms in total. The third-order valence-corrected chi connectivity index (χ3v) is 3.46. The van der Waals surface area contributed by atoms with Crippen molar-refractivity contribution in [2.75, 3.05) is 20.7 Å². The highest BCUT2D eigenvalue weighted by molar-refractivity contribution is 5.30. The number of rotatable bonds is 2. The molecule has 0 bridgehead atoms. The number of hydrogen-bond acceptors (Lipinski definition) is 3. The summed E-state index contributed by atoms with van der Waals surface area (Å²) in [4.78, 5) is 6.75. The molecule has 2 rings (SSSR count). The molecule has 0 aliphatic carbocycles. The number of ether oxygens (including phenoxy) is 1. The number of piperidine rings is 1. The lowest BCUT2D eigenvalue weighted by Crippen LogP contribution is -2.30. The van der Waals surface area contributed by atoms with Gasteiger partial charge in [0.05, 0.1) is 7.11 Å². The molecule has 0 aromatic carbocycles. The fourth-order valence-electron chi connectivity index (χ4n) is 2.47. The standard InChI is InChI=1S/C13H20N2O/c1-10-8-13(16-3)14-9-11(10)12-6-4-5-7-15(12)2/h8-9,12H,4-7H2,1-3H3/t12-/m0/s1. The second-order valence-electron chi connectivity index (χ2n) is 4.58. The van der Waals surface area contributed by atoms with Crippen molar-refractivity contribution in [3.05, 3.63) is 23.4 Å². The van der Waals surface area contributed by atoms with Crippen molar-refractivity contribution in [1.29, 1.82) is 0 Å². The quantitative estimate of drug-likeness (QED) is 0.766. The van der Waals surface area contributed by atoms with Crippen LogP contribution in [0.25, 0.3) is 0 Å². The largest absolute Gasteiger partial charge is 0.481 e. The molecule has 16 heavy (non-hydrogen) atoms. The Labute approximate surface area is 97.4 Å². The van der Waals surface area contributed by atoms with Crippen molar-refractivity contribution < 1.29 is 4.74 Å². The summed E-state index contributed by atoms with van der Waals surface area (Å²) in [5.41, 5.74) is 2.63. The Morgan fingerprint density at radius 2 is 2.25 bits per heavy atom. The number of pyridine rings is 1. The maximum Gasteiger partial charge on any atom is 0.213 e. The van der Waals surface area contributed by atoms with E-state index in [4.69, 9.17) is 4.74 Å². The van der Waals surface area contributed by atoms with Crippen molar-refractivity contribution in [2.24, 2.45) is 0 Å². The average molecular weight is 220 g/mol. The molecule has 88 valence electrons. The van der Waals surface area contributed by atoms with Gasteiger partial charge in [0.2, 0.25) is 5.88 Å². The van der Waals surface area contributed by atoms with Crippen molar-refractivity contribution in [3.8, 4) is 5.88 Å². The fraction of sp³-hybridized carbons (Fsp3) is 0.615. The van der Waals surface area contributed by atoms with Crippen LogP contribution < -0.4 is 4.74 Å². The highest BCUT2D eigenvalue weighted by Gasteiger charge is 2.22. The topological polar surface area (TPSA) is 25.4 Å². The van der Waals surface area contributed by atoms with Crippen LogP contribution in [0.1, 0.15) is 36.4 Å². The molecule has 0 radical (unpaired) electrons. The molecule has 2 heterocycles. The zero-order chi connectivity index (χ0) is 11.5. The van der Waals surface area contributed by atoms with Crippen LogP contribution in [-0.4, -0.2) is 30.6 Å². The molecule has 3 heteroatoms. The predicted molar refractivity (Wildman–Crippen MR) is 64.7 cm³/mol. The third-order valence-electron chi connectivity index (χ3n) is 3.46. The summed E-state index contributed by atoms with van der Waals surface area (Å²) in [5.74, 6) is 0.708. The van der Waals surface area contributed by atoms with Crippen molar-refractivity contribution >= 4 is 0 Å². The van der Waals surface area contributed by atoms with Crippen LogP contribution in [0.3, 0.4) is 0 Å². The molecule has 0 N–H and O–H groups in total. The van der Waals surface area contributed by atoms with Crippen LogP contribution in [0.2, 0.25) is 0 Å². The SMILES string of the molecule is COc1cc(C)c([C@@H]2CCCCN2C)cn1. The van der Waals surface area contributed by atoms with E-state index < -0.39 is 0 Å². The third kappa shape index (κ3) is 2.19. The summed E-state index contributed by atoms with van der Waals surface area (Å²) in [6.45, 7) is 3.33. The molecule has 0 spiro atoms. The average Bonchev–Trinajstić information content (AvgIpc) is 2.30. The maximum absolute atomic E-state index is 5.14. The second-order valence-corrected chi connectivity index (χ2v) is 4.58. The van der Waals surface area contributed by atoms with E-state index in [9.17, 15) is 0 Å². The Balaban J connectivity index is 2.25. The maximum atomic E-state index is 5.14. The Morgan fingerprint density at radius 3 is 2.88 bits per heavy atom. The smallest absolute Gasteiger partial charge is 0.213 e. The number of nitrogens with zero attached hydrogens (tertiary/aromatic N) is 2. The first-order valence-electron chi connectivity index (χ1n) is 5.93. The molecule has 1 atom stereocenters. The summed E-state index contributed by atoms with van der Waals surface area (Å²) in [6.07, 6.45) is 5.85. The summed E-state index contributed by atoms with van der Waals surface area (Å²) < 4.78 is 5.14. The van der Waals surface area contributed by atoms with E-state index in [-0.39, 0.29) is 0 Å². The Bertz CT molecular complexity index is 365. The molecular weight excluding hydrogens is 200 g/mol. The molecule has 1 aromatic rings. The van der Waals surface area contributed by atoms with Gasteiger partial charge < -0.3 is 4.74 Å². The molecule has 1 aliphatic rings. The summed E-state index contributed by atoms with van der Waals surface area (Å²) in [6, 6.07) is 2.56. The molecule has 1 aromatic heterocycles. The van der Waals surface area contributed by atoms with Gasteiger partial charge in [0.15, 0.2) is 0 Å². The van der Waals surface area contributed by atoms with Gasteiger partial charge in [-0.3, -0.25) is 4.90 Å². The minimum Gasteiger partial charge on any atom is -0.481 e. The number of aryl methyl sites for hydroxylation is 1. The van der Waals surface area contributed by atoms with Gasteiger partial charge >= 0.3 is 0 Å². The van der Waals surface area contributed by atoms with E-state index in [1.807, 2.05) is 12.3 Å². The van der Waals surface area contributed by atoms with E-state index in [0.29, 0.717) is 11.9 Å². The fourth-order valence-corrected chi connectivity index (χ4v) is 2.47. The van der Waals surface area contributed by atoms with Crippen LogP contribution in [0.5, 0.6) is 5.88 Å². The summed E-state index contributed by atoms with van der Waals surface area (Å²) in [5, 5.41) is 0. The molecule has 0 unspecified atom stereocenters. The van der Waals surface area contributed by atoms with Gasteiger partial charge in [0, 0.05) is 18.3 Å². The van der Waals surface area contributed by atoms with Gasteiger partial charge in [-0.25, -0.2) is 4.98 Å². The first kappa shape index (κ1) is 11.4. The van der Waals surface area contributed by atoms with Crippen LogP contribution in [0.15, 0.2) is 12.3 Å². The number of hydrogen-bond donors (Lipinski definition) is 0. The van der Waals surface area contributed by atoms with Gasteiger partial charge in [0.1, 0.15) is 0 Å². The summed E-state index contributed by atoms with van der Waals surface area (Å²) in [7, 11) is 3.86. The minimum absolute atomic E-state index is 0.534. The van der Waals surface area contributed by atoms with Crippen LogP contribution in [-0.2, 0) is 0 Å². The first-order chi connectivity index (χ1) is 7.72. The monoisotopic (exact) mass is 220 g/mol. The first-order valence-corrected chi connectivity index (χ1v) is 5.93. The Hall–Kier alpha value is -1.09. The molecule has 1 fully saturated rings. The van der Waals surface area contributed by atoms with E-state index in [0.717, 1.165) is 0 Å². The lowest BCUT2D eigenvalue weighted by atomic mass is 9.94. The van der Waals surface area contributed by atoms with Crippen molar-refractivity contribution in [2.45, 2.75) is 32.2 Å². The van der Waals surface area contributed by atoms with E-state index in [2.05, 4.69) is 23.9 Å². The number of methoxy groups -OCH3 is 1. The normalized spacial score (nSPS) is 22.1. The van der Waals surface area contributed by atoms with Gasteiger partial charge in [-0.05, 0) is 44.5 Å². The van der Waals surface area contributed by atoms with Crippen LogP contribution in [0, 0.1) is 6.92 Å². The van der Waals surface area contributed by atoms with Crippen molar-refractivity contribution in [1.82, 2.24) is 9.88 Å². The van der Waals surface area contributed by atoms with Crippen molar-refractivity contribution in [3.63, 3.8) is 0 Å². The molecule has 0 saturated carbocycles. The van der Waals surface area contributed by atoms with Gasteiger partial charge in [-0.2, -0.15) is 0 Å². The van der Waals surface area contributed by atoms with Gasteiger partial charge in [-0.15, -0.1) is 0 Å². The minimum atomic E-state index is 0.534. The van der Waals surface area contributed by atoms with E-state index >= 15 is 0 Å². The summed E-state index contributed by atoms with van der Waals surface area (Å²) >= 11 is 0. The molecule has 1 saturated heterocycles. The zero-order valence-electron chi connectivity index (χ0n) is 10.4. The molecule has 0 amide bonds.